The molecule has 0 bridgehead atoms. The molecule has 7 heteroatoms. The fraction of sp³-hybridized carbons (Fsp3) is 0.353. The van der Waals surface area contributed by atoms with Crippen LogP contribution in [0.15, 0.2) is 23.8 Å². The summed E-state index contributed by atoms with van der Waals surface area (Å²) in [6.07, 6.45) is 1.46. The van der Waals surface area contributed by atoms with E-state index in [9.17, 15) is 4.79 Å². The topological polar surface area (TPSA) is 104 Å². The molecule has 0 aliphatic heterocycles. The molecule has 1 rings (SSSR count). The lowest BCUT2D eigenvalue weighted by Gasteiger charge is -2.11. The predicted octanol–water partition coefficient (Wildman–Crippen LogP) is 1.66. The largest absolute Gasteiger partial charge is 0.490 e. The molecule has 0 atom stereocenters. The highest BCUT2D eigenvalue weighted by Crippen LogP contribution is 2.29. The lowest BCUT2D eigenvalue weighted by atomic mass is 10.1. The van der Waals surface area contributed by atoms with Crippen LogP contribution in [0.3, 0.4) is 0 Å². The van der Waals surface area contributed by atoms with Crippen LogP contribution in [0, 0.1) is 22.7 Å². The molecule has 0 aromatic heterocycles. The zero-order valence-electron chi connectivity index (χ0n) is 13.7. The summed E-state index contributed by atoms with van der Waals surface area (Å²) < 4.78 is 15.6. The Kier molecular flexibility index (Phi) is 8.44. The summed E-state index contributed by atoms with van der Waals surface area (Å²) >= 11 is 0. The summed E-state index contributed by atoms with van der Waals surface area (Å²) in [5.74, 6) is 0.398. The van der Waals surface area contributed by atoms with Gasteiger partial charge < -0.3 is 19.5 Å². The van der Waals surface area contributed by atoms with E-state index in [2.05, 4.69) is 5.32 Å². The highest BCUT2D eigenvalue weighted by molar-refractivity contribution is 6.01. The van der Waals surface area contributed by atoms with Gasteiger partial charge in [0.1, 0.15) is 17.7 Å². The molecule has 1 aromatic carbocycles. The van der Waals surface area contributed by atoms with Crippen LogP contribution >= 0.6 is 0 Å². The van der Waals surface area contributed by atoms with Crippen molar-refractivity contribution >= 4 is 12.0 Å². The average molecular weight is 329 g/mol. The van der Waals surface area contributed by atoms with Crippen LogP contribution in [0.5, 0.6) is 11.5 Å². The summed E-state index contributed by atoms with van der Waals surface area (Å²) in [5.41, 5.74) is 0.584. The van der Waals surface area contributed by atoms with Crippen molar-refractivity contribution in [3.05, 3.63) is 29.3 Å². The van der Waals surface area contributed by atoms with Gasteiger partial charge in [-0.3, -0.25) is 4.79 Å². The molecule has 0 saturated carbocycles. The maximum Gasteiger partial charge on any atom is 0.262 e. The Bertz CT molecular complexity index is 671. The Labute approximate surface area is 141 Å². The van der Waals surface area contributed by atoms with Crippen molar-refractivity contribution < 1.29 is 19.0 Å². The van der Waals surface area contributed by atoms with Gasteiger partial charge in [-0.1, -0.05) is 6.07 Å². The van der Waals surface area contributed by atoms with E-state index in [4.69, 9.17) is 24.7 Å². The van der Waals surface area contributed by atoms with E-state index in [1.807, 2.05) is 19.1 Å². The third kappa shape index (κ3) is 5.99. The second-order valence-electron chi connectivity index (χ2n) is 4.50. The molecule has 1 amide bonds. The van der Waals surface area contributed by atoms with Crippen molar-refractivity contribution in [2.45, 2.75) is 6.92 Å². The van der Waals surface area contributed by atoms with Crippen LogP contribution in [0.1, 0.15) is 12.5 Å². The van der Waals surface area contributed by atoms with E-state index in [0.29, 0.717) is 36.8 Å². The Morgan fingerprint density at radius 3 is 2.71 bits per heavy atom. The summed E-state index contributed by atoms with van der Waals surface area (Å²) in [5, 5.41) is 20.3. The second-order valence-corrected chi connectivity index (χ2v) is 4.50. The van der Waals surface area contributed by atoms with Gasteiger partial charge in [0.2, 0.25) is 0 Å². The zero-order chi connectivity index (χ0) is 17.8. The van der Waals surface area contributed by atoms with E-state index < -0.39 is 5.91 Å². The van der Waals surface area contributed by atoms with Crippen molar-refractivity contribution in [2.24, 2.45) is 0 Å². The maximum atomic E-state index is 11.9. The number of nitrogens with zero attached hydrogens (tertiary/aromatic N) is 2. The number of nitrogens with one attached hydrogen (secondary N) is 1. The summed E-state index contributed by atoms with van der Waals surface area (Å²) in [6.45, 7) is 2.82. The first kappa shape index (κ1) is 19.0. The maximum absolute atomic E-state index is 11.9. The van der Waals surface area contributed by atoms with Crippen molar-refractivity contribution in [1.29, 1.82) is 10.5 Å². The lowest BCUT2D eigenvalue weighted by molar-refractivity contribution is -0.117. The van der Waals surface area contributed by atoms with Gasteiger partial charge in [0.15, 0.2) is 18.1 Å². The first-order valence-corrected chi connectivity index (χ1v) is 7.31. The standard InChI is InChI=1S/C17H19N3O4/c1-3-23-16-11-13(4-5-15(16)24-8-6-18)10-14(12-19)17(21)20-7-9-22-2/h4-5,10-11H,3,7-9H2,1-2H3,(H,20,21)/b14-10+. The van der Waals surface area contributed by atoms with Crippen molar-refractivity contribution in [3.63, 3.8) is 0 Å². The molecule has 126 valence electrons. The lowest BCUT2D eigenvalue weighted by Crippen LogP contribution is -2.27. The highest BCUT2D eigenvalue weighted by atomic mass is 16.5. The molecule has 0 spiro atoms. The summed E-state index contributed by atoms with van der Waals surface area (Å²) in [4.78, 5) is 11.9. The molecule has 0 saturated heterocycles. The third-order valence-corrected chi connectivity index (χ3v) is 2.83. The highest BCUT2D eigenvalue weighted by Gasteiger charge is 2.10. The van der Waals surface area contributed by atoms with Crippen molar-refractivity contribution in [2.75, 3.05) is 33.5 Å². The van der Waals surface area contributed by atoms with Gasteiger partial charge in [0.05, 0.1) is 13.2 Å². The van der Waals surface area contributed by atoms with Gasteiger partial charge in [0, 0.05) is 13.7 Å². The zero-order valence-corrected chi connectivity index (χ0v) is 13.7. The minimum Gasteiger partial charge on any atom is -0.490 e. The number of nitriles is 2. The molecule has 0 heterocycles. The van der Waals surface area contributed by atoms with Crippen LogP contribution in [0.25, 0.3) is 6.08 Å². The molecule has 0 unspecified atom stereocenters. The first-order valence-electron chi connectivity index (χ1n) is 7.31. The van der Waals surface area contributed by atoms with Crippen molar-refractivity contribution in [3.8, 4) is 23.6 Å². The number of benzene rings is 1. The van der Waals surface area contributed by atoms with Gasteiger partial charge in [-0.25, -0.2) is 0 Å². The van der Waals surface area contributed by atoms with Gasteiger partial charge in [0.25, 0.3) is 5.91 Å². The van der Waals surface area contributed by atoms with Crippen LogP contribution in [-0.2, 0) is 9.53 Å². The molecule has 1 N–H and O–H groups in total. The molecule has 0 aliphatic carbocycles. The van der Waals surface area contributed by atoms with E-state index >= 15 is 0 Å². The van der Waals surface area contributed by atoms with E-state index in [0.717, 1.165) is 0 Å². The second kappa shape index (κ2) is 10.7. The molecule has 7 nitrogen and oxygen atoms in total. The number of hydrogen-bond acceptors (Lipinski definition) is 6. The average Bonchev–Trinajstić information content (AvgIpc) is 2.59. The Morgan fingerprint density at radius 2 is 2.08 bits per heavy atom. The quantitative estimate of drug-likeness (QED) is 0.420. The van der Waals surface area contributed by atoms with Crippen LogP contribution in [-0.4, -0.2) is 39.4 Å². The van der Waals surface area contributed by atoms with Crippen molar-refractivity contribution in [1.82, 2.24) is 5.32 Å². The van der Waals surface area contributed by atoms with Crippen LogP contribution in [0.2, 0.25) is 0 Å². The predicted molar refractivity (Wildman–Crippen MR) is 87.2 cm³/mol. The smallest absolute Gasteiger partial charge is 0.262 e. The Hall–Kier alpha value is -3.03. The van der Waals surface area contributed by atoms with Gasteiger partial charge >= 0.3 is 0 Å². The Morgan fingerprint density at radius 1 is 1.29 bits per heavy atom. The van der Waals surface area contributed by atoms with E-state index in [1.54, 1.807) is 18.2 Å². The number of rotatable bonds is 9. The number of hydrogen-bond donors (Lipinski definition) is 1. The number of methoxy groups -OCH3 is 1. The van der Waals surface area contributed by atoms with Crippen LogP contribution < -0.4 is 14.8 Å². The minimum absolute atomic E-state index is 0.0285. The fourth-order valence-corrected chi connectivity index (χ4v) is 1.79. The third-order valence-electron chi connectivity index (χ3n) is 2.83. The number of ether oxygens (including phenoxy) is 3. The fourth-order valence-electron chi connectivity index (χ4n) is 1.79. The normalized spacial score (nSPS) is 10.4. The summed E-state index contributed by atoms with van der Waals surface area (Å²) in [6, 6.07) is 8.71. The monoisotopic (exact) mass is 329 g/mol. The van der Waals surface area contributed by atoms with Gasteiger partial charge in [-0.05, 0) is 30.7 Å². The molecular weight excluding hydrogens is 310 g/mol. The SMILES string of the molecule is CCOc1cc(/C=C(\C#N)C(=O)NCCOC)ccc1OCC#N. The number of carbonyl (C=O) groups is 1. The molecule has 0 aliphatic rings. The molecule has 24 heavy (non-hydrogen) atoms. The van der Waals surface area contributed by atoms with Crippen LogP contribution in [0.4, 0.5) is 0 Å². The van der Waals surface area contributed by atoms with Gasteiger partial charge in [-0.15, -0.1) is 0 Å². The summed E-state index contributed by atoms with van der Waals surface area (Å²) in [7, 11) is 1.53. The first-order chi connectivity index (χ1) is 11.7. The number of carbonyl (C=O) groups excluding carboxylic acids is 1. The minimum atomic E-state index is -0.475. The Balaban J connectivity index is 2.98. The number of amides is 1. The molecule has 0 radical (unpaired) electrons. The molecule has 0 fully saturated rings. The van der Waals surface area contributed by atoms with E-state index in [1.165, 1.54) is 13.2 Å². The van der Waals surface area contributed by atoms with E-state index in [-0.39, 0.29) is 12.2 Å². The van der Waals surface area contributed by atoms with Gasteiger partial charge in [-0.2, -0.15) is 10.5 Å². The molecular formula is C17H19N3O4. The molecule has 1 aromatic rings.